The molecule has 0 saturated carbocycles. The number of nitrogens with one attached hydrogen (secondary N) is 1. The number of fused-ring (bicyclic) bond motifs is 1. The Morgan fingerprint density at radius 2 is 2.04 bits per heavy atom. The van der Waals surface area contributed by atoms with Crippen LogP contribution in [0.4, 0.5) is 5.69 Å². The number of nitrogens with zero attached hydrogens (tertiary/aromatic N) is 3. The Bertz CT molecular complexity index is 851. The molecule has 0 bridgehead atoms. The smallest absolute Gasteiger partial charge is 0.269 e. The lowest BCUT2D eigenvalue weighted by molar-refractivity contribution is -0.384. The highest BCUT2D eigenvalue weighted by Crippen LogP contribution is 2.32. The summed E-state index contributed by atoms with van der Waals surface area (Å²) < 4.78 is 0. The molecule has 0 radical (unpaired) electrons. The van der Waals surface area contributed by atoms with Crippen molar-refractivity contribution in [2.24, 2.45) is 4.99 Å². The molecule has 1 aliphatic heterocycles. The molecule has 1 atom stereocenters. The van der Waals surface area contributed by atoms with E-state index in [2.05, 4.69) is 15.3 Å². The molecule has 0 fully saturated rings. The second-order valence-electron chi connectivity index (χ2n) is 4.77. The number of thioether (sulfide) groups is 1. The lowest BCUT2D eigenvalue weighted by Crippen LogP contribution is -2.30. The van der Waals surface area contributed by atoms with Crippen LogP contribution in [0.5, 0.6) is 0 Å². The van der Waals surface area contributed by atoms with E-state index in [1.165, 1.54) is 24.3 Å². The van der Waals surface area contributed by atoms with Crippen molar-refractivity contribution in [1.29, 1.82) is 0 Å². The molecule has 1 aromatic heterocycles. The lowest BCUT2D eigenvalue weighted by atomic mass is 10.1. The highest BCUT2D eigenvalue weighted by molar-refractivity contribution is 8.13. The van der Waals surface area contributed by atoms with Gasteiger partial charge >= 0.3 is 0 Å². The summed E-state index contributed by atoms with van der Waals surface area (Å²) in [5.74, 6) is -0.472. The number of hydrogen-bond donors (Lipinski definition) is 1. The number of aromatic nitrogens is 1. The van der Waals surface area contributed by atoms with Gasteiger partial charge in [0.2, 0.25) is 0 Å². The Balaban J connectivity index is 1.78. The molecule has 1 aliphatic rings. The zero-order valence-corrected chi connectivity index (χ0v) is 12.9. The number of aldehydes is 1. The van der Waals surface area contributed by atoms with E-state index in [0.717, 1.165) is 11.8 Å². The Hall–Kier alpha value is -3.07. The van der Waals surface area contributed by atoms with E-state index < -0.39 is 16.9 Å². The minimum Gasteiger partial charge on any atom is -0.301 e. The quantitative estimate of drug-likeness (QED) is 0.519. The van der Waals surface area contributed by atoms with E-state index in [1.807, 2.05) is 0 Å². The SMILES string of the molecule is O=CC1N=C(NC(=O)c2ccc([N+](=O)[O-])cc2)Sc2ncccc21. The van der Waals surface area contributed by atoms with Crippen molar-refractivity contribution in [1.82, 2.24) is 10.3 Å². The molecule has 1 N–H and O–H groups in total. The number of nitro groups is 1. The number of hydrogen-bond acceptors (Lipinski definition) is 7. The van der Waals surface area contributed by atoms with Crippen molar-refractivity contribution in [2.45, 2.75) is 11.1 Å². The third-order valence-electron chi connectivity index (χ3n) is 3.26. The van der Waals surface area contributed by atoms with Gasteiger partial charge in [-0.25, -0.2) is 9.98 Å². The summed E-state index contributed by atoms with van der Waals surface area (Å²) in [6.45, 7) is 0. The molecule has 1 aromatic carbocycles. The molecular formula is C15H10N4O4S. The van der Waals surface area contributed by atoms with Crippen LogP contribution < -0.4 is 5.32 Å². The maximum absolute atomic E-state index is 12.2. The number of carbonyl (C=O) groups is 2. The van der Waals surface area contributed by atoms with E-state index in [-0.39, 0.29) is 16.4 Å². The van der Waals surface area contributed by atoms with Crippen molar-refractivity contribution in [3.05, 3.63) is 63.8 Å². The average Bonchev–Trinajstić information content (AvgIpc) is 2.61. The molecule has 0 aliphatic carbocycles. The molecule has 24 heavy (non-hydrogen) atoms. The summed E-state index contributed by atoms with van der Waals surface area (Å²) in [4.78, 5) is 41.9. The van der Waals surface area contributed by atoms with E-state index in [0.29, 0.717) is 16.9 Å². The van der Waals surface area contributed by atoms with Crippen LogP contribution in [0.1, 0.15) is 22.0 Å². The number of aliphatic imine (C=N–C) groups is 1. The van der Waals surface area contributed by atoms with Crippen molar-refractivity contribution in [3.8, 4) is 0 Å². The highest BCUT2D eigenvalue weighted by atomic mass is 32.2. The Labute approximate surface area is 140 Å². The molecule has 9 heteroatoms. The van der Waals surface area contributed by atoms with Gasteiger partial charge in [0.15, 0.2) is 5.17 Å². The summed E-state index contributed by atoms with van der Waals surface area (Å²) in [6, 6.07) is 7.95. The monoisotopic (exact) mass is 342 g/mol. The van der Waals surface area contributed by atoms with E-state index in [9.17, 15) is 19.7 Å². The topological polar surface area (TPSA) is 115 Å². The normalized spacial score (nSPS) is 15.8. The minimum absolute atomic E-state index is 0.102. The average molecular weight is 342 g/mol. The maximum atomic E-state index is 12.2. The molecule has 120 valence electrons. The largest absolute Gasteiger partial charge is 0.301 e. The number of nitro benzene ring substituents is 1. The zero-order chi connectivity index (χ0) is 17.1. The first-order valence-electron chi connectivity index (χ1n) is 6.80. The van der Waals surface area contributed by atoms with Crippen molar-refractivity contribution in [3.63, 3.8) is 0 Å². The van der Waals surface area contributed by atoms with Crippen molar-refractivity contribution < 1.29 is 14.5 Å². The molecule has 1 unspecified atom stereocenters. The molecule has 2 aromatic rings. The predicted octanol–water partition coefficient (Wildman–Crippen LogP) is 2.12. The van der Waals surface area contributed by atoms with Gasteiger partial charge in [-0.05, 0) is 30.0 Å². The summed E-state index contributed by atoms with van der Waals surface area (Å²) in [6.07, 6.45) is 2.27. The molecule has 1 amide bonds. The molecule has 2 heterocycles. The van der Waals surface area contributed by atoms with Gasteiger partial charge in [0.1, 0.15) is 17.4 Å². The van der Waals surface area contributed by atoms with Crippen LogP contribution in [0.25, 0.3) is 0 Å². The third kappa shape index (κ3) is 3.15. The fraction of sp³-hybridized carbons (Fsp3) is 0.0667. The fourth-order valence-corrected chi connectivity index (χ4v) is 3.01. The molecule has 0 saturated heterocycles. The molecule has 3 rings (SSSR count). The molecule has 0 spiro atoms. The number of pyridine rings is 1. The highest BCUT2D eigenvalue weighted by Gasteiger charge is 2.24. The van der Waals surface area contributed by atoms with Gasteiger partial charge < -0.3 is 10.1 Å². The summed E-state index contributed by atoms with van der Waals surface area (Å²) in [5, 5.41) is 14.1. The van der Waals surface area contributed by atoms with Crippen LogP contribution in [0, 0.1) is 10.1 Å². The van der Waals surface area contributed by atoms with Gasteiger partial charge in [0, 0.05) is 29.5 Å². The van der Waals surface area contributed by atoms with Crippen LogP contribution >= 0.6 is 11.8 Å². The zero-order valence-electron chi connectivity index (χ0n) is 12.1. The van der Waals surface area contributed by atoms with Crippen LogP contribution in [-0.2, 0) is 4.79 Å². The first kappa shape index (κ1) is 15.8. The van der Waals surface area contributed by atoms with Gasteiger partial charge in [-0.1, -0.05) is 6.07 Å². The number of amidine groups is 1. The molecular weight excluding hydrogens is 332 g/mol. The Morgan fingerprint density at radius 3 is 2.71 bits per heavy atom. The van der Waals surface area contributed by atoms with Crippen molar-refractivity contribution >= 4 is 34.8 Å². The second-order valence-corrected chi connectivity index (χ2v) is 5.75. The van der Waals surface area contributed by atoms with Crippen LogP contribution in [0.2, 0.25) is 0 Å². The number of rotatable bonds is 3. The summed E-state index contributed by atoms with van der Waals surface area (Å²) >= 11 is 1.15. The van der Waals surface area contributed by atoms with Crippen LogP contribution in [0.15, 0.2) is 52.6 Å². The minimum atomic E-state index is -0.720. The van der Waals surface area contributed by atoms with Crippen molar-refractivity contribution in [2.75, 3.05) is 0 Å². The van der Waals surface area contributed by atoms with E-state index in [1.54, 1.807) is 18.3 Å². The first-order valence-corrected chi connectivity index (χ1v) is 7.62. The predicted molar refractivity (Wildman–Crippen MR) is 86.9 cm³/mol. The maximum Gasteiger partial charge on any atom is 0.269 e. The summed E-state index contributed by atoms with van der Waals surface area (Å²) in [5.41, 5.74) is 0.833. The van der Waals surface area contributed by atoms with E-state index >= 15 is 0 Å². The number of carbonyl (C=O) groups excluding carboxylic acids is 2. The van der Waals surface area contributed by atoms with Crippen LogP contribution in [-0.4, -0.2) is 27.3 Å². The number of benzene rings is 1. The van der Waals surface area contributed by atoms with Crippen LogP contribution in [0.3, 0.4) is 0 Å². The Kier molecular flexibility index (Phi) is 4.34. The second kappa shape index (κ2) is 6.59. The van der Waals surface area contributed by atoms with Gasteiger partial charge in [-0.3, -0.25) is 14.9 Å². The number of non-ortho nitro benzene ring substituents is 1. The lowest BCUT2D eigenvalue weighted by Gasteiger charge is -2.18. The standard InChI is InChI=1S/C15H10N4O4S/c20-8-12-11-2-1-7-16-14(11)24-15(17-12)18-13(21)9-3-5-10(6-4-9)19(22)23/h1-8,12H,(H,17,18,21). The fourth-order valence-electron chi connectivity index (χ4n) is 2.09. The van der Waals surface area contributed by atoms with Gasteiger partial charge in [-0.2, -0.15) is 0 Å². The van der Waals surface area contributed by atoms with Gasteiger partial charge in [0.25, 0.3) is 11.6 Å². The first-order chi connectivity index (χ1) is 11.6. The van der Waals surface area contributed by atoms with E-state index in [4.69, 9.17) is 0 Å². The number of amides is 1. The van der Waals surface area contributed by atoms with Gasteiger partial charge in [0.05, 0.1) is 4.92 Å². The molecule has 8 nitrogen and oxygen atoms in total. The third-order valence-corrected chi connectivity index (χ3v) is 4.19. The summed E-state index contributed by atoms with van der Waals surface area (Å²) in [7, 11) is 0. The Morgan fingerprint density at radius 1 is 1.29 bits per heavy atom. The van der Waals surface area contributed by atoms with Gasteiger partial charge in [-0.15, -0.1) is 0 Å².